The lowest BCUT2D eigenvalue weighted by Crippen LogP contribution is -2.34. The van der Waals surface area contributed by atoms with Gasteiger partial charge in [0.15, 0.2) is 12.3 Å². The molecule has 108 valence electrons. The van der Waals surface area contributed by atoms with Crippen LogP contribution in [0.3, 0.4) is 0 Å². The van der Waals surface area contributed by atoms with Crippen LogP contribution in [-0.2, 0) is 0 Å². The number of rotatable bonds is 7. The number of nitrogens with zero attached hydrogens (tertiary/aromatic N) is 2. The number of halogens is 4. The molecule has 0 aromatic carbocycles. The number of ether oxygens (including phenoxy) is 2. The number of aromatic nitrogens is 2. The minimum atomic E-state index is -4.28. The second kappa shape index (κ2) is 6.39. The Kier molecular flexibility index (Phi) is 5.13. The lowest BCUT2D eigenvalue weighted by Gasteiger charge is -2.16. The maximum absolute atomic E-state index is 12.7. The van der Waals surface area contributed by atoms with Gasteiger partial charge in [0.05, 0.1) is 6.61 Å². The van der Waals surface area contributed by atoms with Crippen molar-refractivity contribution in [2.45, 2.75) is 25.7 Å². The molecule has 9 heteroatoms. The van der Waals surface area contributed by atoms with E-state index in [9.17, 15) is 17.6 Å². The topological polar surface area (TPSA) is 70.3 Å². The summed E-state index contributed by atoms with van der Waals surface area (Å²) in [6.45, 7) is 0.630. The van der Waals surface area contributed by atoms with E-state index in [1.165, 1.54) is 0 Å². The Morgan fingerprint density at radius 2 is 1.84 bits per heavy atom. The molecular weight excluding hydrogens is 270 g/mol. The molecule has 5 nitrogen and oxygen atoms in total. The molecule has 0 fully saturated rings. The molecule has 0 radical (unpaired) electrons. The first-order chi connectivity index (χ1) is 8.88. The van der Waals surface area contributed by atoms with E-state index >= 15 is 0 Å². The molecule has 0 atom stereocenters. The van der Waals surface area contributed by atoms with Gasteiger partial charge in [-0.05, 0) is 6.42 Å². The van der Waals surface area contributed by atoms with Crippen LogP contribution in [0.25, 0.3) is 0 Å². The van der Waals surface area contributed by atoms with Gasteiger partial charge >= 0.3 is 12.3 Å². The van der Waals surface area contributed by atoms with E-state index in [-0.39, 0.29) is 11.6 Å². The first kappa shape index (κ1) is 15.3. The molecule has 0 spiro atoms. The Hall–Kier alpha value is -1.80. The van der Waals surface area contributed by atoms with E-state index in [2.05, 4.69) is 14.7 Å². The van der Waals surface area contributed by atoms with Gasteiger partial charge in [-0.15, -0.1) is 0 Å². The Labute approximate surface area is 106 Å². The highest BCUT2D eigenvalue weighted by molar-refractivity contribution is 5.55. The van der Waals surface area contributed by atoms with Crippen molar-refractivity contribution in [1.82, 2.24) is 9.97 Å². The summed E-state index contributed by atoms with van der Waals surface area (Å²) >= 11 is 0. The highest BCUT2D eigenvalue weighted by Gasteiger charge is 2.42. The van der Waals surface area contributed by atoms with E-state index in [4.69, 9.17) is 10.5 Å². The van der Waals surface area contributed by atoms with Crippen LogP contribution in [0.4, 0.5) is 23.2 Å². The zero-order valence-electron chi connectivity index (χ0n) is 10.1. The fourth-order valence-electron chi connectivity index (χ4n) is 1.02. The maximum atomic E-state index is 12.7. The van der Waals surface area contributed by atoms with Crippen LogP contribution < -0.4 is 15.2 Å². The van der Waals surface area contributed by atoms with Crippen LogP contribution in [0.1, 0.15) is 13.3 Å². The molecule has 0 aliphatic carbocycles. The van der Waals surface area contributed by atoms with E-state index in [1.807, 2.05) is 6.92 Å². The minimum absolute atomic E-state index is 0.0350. The molecule has 2 N–H and O–H groups in total. The van der Waals surface area contributed by atoms with Gasteiger partial charge < -0.3 is 15.2 Å². The Bertz CT molecular complexity index is 418. The molecule has 0 saturated heterocycles. The highest BCUT2D eigenvalue weighted by atomic mass is 19.3. The van der Waals surface area contributed by atoms with Crippen LogP contribution in [0, 0.1) is 0 Å². The molecule has 0 unspecified atom stereocenters. The van der Waals surface area contributed by atoms with Gasteiger partial charge in [-0.3, -0.25) is 0 Å². The summed E-state index contributed by atoms with van der Waals surface area (Å²) in [4.78, 5) is 7.17. The summed E-state index contributed by atoms with van der Waals surface area (Å²) in [5.41, 5.74) is 5.31. The highest BCUT2D eigenvalue weighted by Crippen LogP contribution is 2.29. The number of anilines is 1. The normalized spacial score (nSPS) is 11.7. The number of hydrogen-bond acceptors (Lipinski definition) is 5. The molecule has 0 bridgehead atoms. The predicted octanol–water partition coefficient (Wildman–Crippen LogP) is 2.13. The van der Waals surface area contributed by atoms with Crippen molar-refractivity contribution in [3.8, 4) is 11.8 Å². The monoisotopic (exact) mass is 283 g/mol. The van der Waals surface area contributed by atoms with Gasteiger partial charge in [0.25, 0.3) is 0 Å². The Morgan fingerprint density at radius 1 is 1.26 bits per heavy atom. The smallest absolute Gasteiger partial charge is 0.340 e. The lowest BCUT2D eigenvalue weighted by molar-refractivity contribution is -0.148. The molecule has 1 heterocycles. The van der Waals surface area contributed by atoms with E-state index in [0.29, 0.717) is 13.0 Å². The van der Waals surface area contributed by atoms with Crippen molar-refractivity contribution in [2.75, 3.05) is 18.9 Å². The number of alkyl halides is 4. The van der Waals surface area contributed by atoms with Crippen molar-refractivity contribution in [3.63, 3.8) is 0 Å². The Morgan fingerprint density at radius 3 is 2.37 bits per heavy atom. The fraction of sp³-hybridized carbons (Fsp3) is 0.600. The van der Waals surface area contributed by atoms with Crippen LogP contribution >= 0.6 is 0 Å². The van der Waals surface area contributed by atoms with Crippen molar-refractivity contribution < 1.29 is 27.0 Å². The average Bonchev–Trinajstić information content (AvgIpc) is 2.36. The predicted molar refractivity (Wildman–Crippen MR) is 58.7 cm³/mol. The third kappa shape index (κ3) is 4.11. The molecule has 19 heavy (non-hydrogen) atoms. The summed E-state index contributed by atoms with van der Waals surface area (Å²) in [6.07, 6.45) is -2.16. The van der Waals surface area contributed by atoms with Gasteiger partial charge in [0.1, 0.15) is 6.33 Å². The largest absolute Gasteiger partial charge is 0.476 e. The molecule has 1 aromatic rings. The Balaban J connectivity index is 2.74. The number of hydrogen-bond donors (Lipinski definition) is 1. The summed E-state index contributed by atoms with van der Waals surface area (Å²) in [6, 6.07) is 0. The van der Waals surface area contributed by atoms with Crippen LogP contribution in [0.2, 0.25) is 0 Å². The van der Waals surface area contributed by atoms with Gasteiger partial charge in [-0.25, -0.2) is 8.78 Å². The van der Waals surface area contributed by atoms with E-state index in [1.54, 1.807) is 0 Å². The van der Waals surface area contributed by atoms with Gasteiger partial charge in [0, 0.05) is 0 Å². The summed E-state index contributed by atoms with van der Waals surface area (Å²) in [5.74, 6) is -4.73. The molecule has 0 saturated carbocycles. The zero-order chi connectivity index (χ0) is 14.5. The molecule has 0 amide bonds. The molecule has 1 rings (SSSR count). The van der Waals surface area contributed by atoms with E-state index < -0.39 is 24.8 Å². The van der Waals surface area contributed by atoms with Gasteiger partial charge in [0.2, 0.25) is 11.8 Å². The second-order valence-electron chi connectivity index (χ2n) is 3.60. The van der Waals surface area contributed by atoms with Crippen molar-refractivity contribution >= 4 is 5.69 Å². The maximum Gasteiger partial charge on any atom is 0.340 e. The number of nitrogens with two attached hydrogens (primary N) is 1. The molecule has 0 aliphatic rings. The van der Waals surface area contributed by atoms with Crippen LogP contribution in [0.15, 0.2) is 6.33 Å². The van der Waals surface area contributed by atoms with Gasteiger partial charge in [-0.1, -0.05) is 6.92 Å². The molecule has 0 aliphatic heterocycles. The van der Waals surface area contributed by atoms with Crippen LogP contribution in [-0.4, -0.2) is 35.5 Å². The van der Waals surface area contributed by atoms with E-state index in [0.717, 1.165) is 6.33 Å². The van der Waals surface area contributed by atoms with Crippen molar-refractivity contribution in [2.24, 2.45) is 0 Å². The lowest BCUT2D eigenvalue weighted by atomic mass is 10.4. The summed E-state index contributed by atoms with van der Waals surface area (Å²) in [5, 5.41) is 0. The van der Waals surface area contributed by atoms with Crippen molar-refractivity contribution in [3.05, 3.63) is 6.33 Å². The SMILES string of the molecule is CCCOc1ncnc(OCC(F)(F)C(F)F)c1N. The average molecular weight is 283 g/mol. The van der Waals surface area contributed by atoms with Crippen LogP contribution in [0.5, 0.6) is 11.8 Å². The fourth-order valence-corrected chi connectivity index (χ4v) is 1.02. The second-order valence-corrected chi connectivity index (χ2v) is 3.60. The molecular formula is C10H13F4N3O2. The zero-order valence-corrected chi connectivity index (χ0v) is 10.1. The standard InChI is InChI=1S/C10H13F4N3O2/c1-2-3-18-7-6(15)8(17-5-16-7)19-4-10(13,14)9(11)12/h5,9H,2-4,15H2,1H3. The third-order valence-electron chi connectivity index (χ3n) is 1.97. The molecule has 1 aromatic heterocycles. The van der Waals surface area contributed by atoms with Gasteiger partial charge in [-0.2, -0.15) is 18.7 Å². The third-order valence-corrected chi connectivity index (χ3v) is 1.97. The minimum Gasteiger partial charge on any atom is -0.476 e. The summed E-state index contributed by atoms with van der Waals surface area (Å²) in [7, 11) is 0. The first-order valence-corrected chi connectivity index (χ1v) is 5.40. The quantitative estimate of drug-likeness (QED) is 0.776. The summed E-state index contributed by atoms with van der Waals surface area (Å²) < 4.78 is 58.9. The van der Waals surface area contributed by atoms with Crippen molar-refractivity contribution in [1.29, 1.82) is 0 Å². The number of nitrogen functional groups attached to an aromatic ring is 1. The first-order valence-electron chi connectivity index (χ1n) is 5.40.